The molecular weight excluding hydrogens is 270 g/mol. The maximum absolute atomic E-state index is 12.3. The number of halogens is 1. The van der Waals surface area contributed by atoms with Crippen molar-refractivity contribution in [3.8, 4) is 0 Å². The second-order valence-electron chi connectivity index (χ2n) is 5.12. The topological polar surface area (TPSA) is 29.1 Å². The molecule has 1 N–H and O–H groups in total. The molecule has 2 rings (SSSR count). The number of hydrogen-bond acceptors (Lipinski definition) is 1. The SMILES string of the molecule is Cc1cc(C)cc(C(=O)NC(C)c2ccc(Cl)cc2)c1. The lowest BCUT2D eigenvalue weighted by molar-refractivity contribution is 0.0939. The van der Waals surface area contributed by atoms with Crippen LogP contribution in [0.4, 0.5) is 0 Å². The zero-order chi connectivity index (χ0) is 14.7. The van der Waals surface area contributed by atoms with Crippen molar-refractivity contribution < 1.29 is 4.79 Å². The van der Waals surface area contributed by atoms with Gasteiger partial charge in [0.1, 0.15) is 0 Å². The number of nitrogens with one attached hydrogen (secondary N) is 1. The molecule has 0 saturated carbocycles. The summed E-state index contributed by atoms with van der Waals surface area (Å²) in [5, 5.41) is 3.70. The molecule has 1 amide bonds. The number of carbonyl (C=O) groups is 1. The molecule has 0 aliphatic heterocycles. The molecule has 104 valence electrons. The van der Waals surface area contributed by atoms with Gasteiger partial charge in [0, 0.05) is 10.6 Å². The van der Waals surface area contributed by atoms with Gasteiger partial charge in [-0.05, 0) is 50.6 Å². The van der Waals surface area contributed by atoms with Crippen LogP contribution >= 0.6 is 11.6 Å². The van der Waals surface area contributed by atoms with Crippen LogP contribution in [0.15, 0.2) is 42.5 Å². The molecule has 0 aliphatic rings. The van der Waals surface area contributed by atoms with Crippen LogP contribution in [0.5, 0.6) is 0 Å². The molecular formula is C17H18ClNO. The van der Waals surface area contributed by atoms with Gasteiger partial charge in [-0.25, -0.2) is 0 Å². The largest absolute Gasteiger partial charge is 0.346 e. The van der Waals surface area contributed by atoms with Crippen LogP contribution in [0.25, 0.3) is 0 Å². The van der Waals surface area contributed by atoms with Crippen molar-refractivity contribution in [1.29, 1.82) is 0 Å². The highest BCUT2D eigenvalue weighted by Crippen LogP contribution is 2.17. The van der Waals surface area contributed by atoms with E-state index in [1.807, 2.05) is 57.2 Å². The Hall–Kier alpha value is -1.80. The molecule has 0 heterocycles. The normalized spacial score (nSPS) is 12.0. The predicted molar refractivity (Wildman–Crippen MR) is 83.2 cm³/mol. The fourth-order valence-electron chi connectivity index (χ4n) is 2.22. The Morgan fingerprint density at radius 3 is 2.15 bits per heavy atom. The summed E-state index contributed by atoms with van der Waals surface area (Å²) in [5.41, 5.74) is 3.92. The molecule has 0 aromatic heterocycles. The molecule has 0 fully saturated rings. The van der Waals surface area contributed by atoms with E-state index >= 15 is 0 Å². The minimum Gasteiger partial charge on any atom is -0.346 e. The average molecular weight is 288 g/mol. The fraction of sp³-hybridized carbons (Fsp3) is 0.235. The van der Waals surface area contributed by atoms with E-state index in [0.29, 0.717) is 10.6 Å². The Morgan fingerprint density at radius 1 is 1.05 bits per heavy atom. The third-order valence-corrected chi connectivity index (χ3v) is 3.45. The summed E-state index contributed by atoms with van der Waals surface area (Å²) in [5.74, 6) is -0.0562. The third kappa shape index (κ3) is 3.61. The van der Waals surface area contributed by atoms with Crippen molar-refractivity contribution in [1.82, 2.24) is 5.32 Å². The van der Waals surface area contributed by atoms with Gasteiger partial charge in [-0.3, -0.25) is 4.79 Å². The van der Waals surface area contributed by atoms with Crippen molar-refractivity contribution in [2.24, 2.45) is 0 Å². The summed E-state index contributed by atoms with van der Waals surface area (Å²) in [7, 11) is 0. The molecule has 0 spiro atoms. The van der Waals surface area contributed by atoms with E-state index in [4.69, 9.17) is 11.6 Å². The van der Waals surface area contributed by atoms with Crippen molar-refractivity contribution in [2.45, 2.75) is 26.8 Å². The summed E-state index contributed by atoms with van der Waals surface area (Å²) in [6, 6.07) is 13.3. The van der Waals surface area contributed by atoms with Crippen molar-refractivity contribution in [2.75, 3.05) is 0 Å². The lowest BCUT2D eigenvalue weighted by Crippen LogP contribution is -2.26. The lowest BCUT2D eigenvalue weighted by atomic mass is 10.1. The van der Waals surface area contributed by atoms with Gasteiger partial charge in [-0.1, -0.05) is 40.9 Å². The van der Waals surface area contributed by atoms with Gasteiger partial charge in [0.05, 0.1) is 6.04 Å². The summed E-state index contributed by atoms with van der Waals surface area (Å²) in [6.07, 6.45) is 0. The van der Waals surface area contributed by atoms with E-state index < -0.39 is 0 Å². The Labute approximate surface area is 124 Å². The first-order valence-corrected chi connectivity index (χ1v) is 6.98. The number of carbonyl (C=O) groups excluding carboxylic acids is 1. The highest BCUT2D eigenvalue weighted by Gasteiger charge is 2.12. The molecule has 0 bridgehead atoms. The second-order valence-corrected chi connectivity index (χ2v) is 5.56. The average Bonchev–Trinajstić information content (AvgIpc) is 2.38. The van der Waals surface area contributed by atoms with Crippen molar-refractivity contribution in [3.63, 3.8) is 0 Å². The third-order valence-electron chi connectivity index (χ3n) is 3.20. The molecule has 2 aromatic rings. The van der Waals surface area contributed by atoms with Gasteiger partial charge in [0.25, 0.3) is 5.91 Å². The number of rotatable bonds is 3. The molecule has 0 saturated heterocycles. The molecule has 1 atom stereocenters. The van der Waals surface area contributed by atoms with Gasteiger partial charge in [-0.15, -0.1) is 0 Å². The Bertz CT molecular complexity index is 599. The zero-order valence-electron chi connectivity index (χ0n) is 11.9. The van der Waals surface area contributed by atoms with Gasteiger partial charge < -0.3 is 5.32 Å². The highest BCUT2D eigenvalue weighted by molar-refractivity contribution is 6.30. The summed E-state index contributed by atoms with van der Waals surface area (Å²) in [6.45, 7) is 5.95. The van der Waals surface area contributed by atoms with Crippen LogP contribution in [0.1, 0.15) is 40.0 Å². The van der Waals surface area contributed by atoms with Gasteiger partial charge in [-0.2, -0.15) is 0 Å². The van der Waals surface area contributed by atoms with Crippen LogP contribution in [0, 0.1) is 13.8 Å². The van der Waals surface area contributed by atoms with E-state index in [-0.39, 0.29) is 11.9 Å². The number of amides is 1. The molecule has 0 radical (unpaired) electrons. The molecule has 2 nitrogen and oxygen atoms in total. The Morgan fingerprint density at radius 2 is 1.60 bits per heavy atom. The minimum atomic E-state index is -0.0562. The van der Waals surface area contributed by atoms with Crippen molar-refractivity contribution >= 4 is 17.5 Å². The summed E-state index contributed by atoms with van der Waals surface area (Å²) < 4.78 is 0. The van der Waals surface area contributed by atoms with Gasteiger partial charge >= 0.3 is 0 Å². The maximum Gasteiger partial charge on any atom is 0.251 e. The summed E-state index contributed by atoms with van der Waals surface area (Å²) in [4.78, 5) is 12.3. The van der Waals surface area contributed by atoms with E-state index in [2.05, 4.69) is 11.4 Å². The molecule has 2 aromatic carbocycles. The van der Waals surface area contributed by atoms with Crippen LogP contribution in [0.3, 0.4) is 0 Å². The molecule has 20 heavy (non-hydrogen) atoms. The zero-order valence-corrected chi connectivity index (χ0v) is 12.7. The lowest BCUT2D eigenvalue weighted by Gasteiger charge is -2.15. The first-order chi connectivity index (χ1) is 9.45. The standard InChI is InChI=1S/C17H18ClNO/c1-11-8-12(2)10-15(9-11)17(20)19-13(3)14-4-6-16(18)7-5-14/h4-10,13H,1-3H3,(H,19,20). The van der Waals surface area contributed by atoms with E-state index in [0.717, 1.165) is 16.7 Å². The fourth-order valence-corrected chi connectivity index (χ4v) is 2.35. The van der Waals surface area contributed by atoms with E-state index in [9.17, 15) is 4.79 Å². The number of aryl methyl sites for hydroxylation is 2. The Balaban J connectivity index is 2.12. The quantitative estimate of drug-likeness (QED) is 0.888. The van der Waals surface area contributed by atoms with Crippen LogP contribution in [-0.2, 0) is 0 Å². The predicted octanol–water partition coefficient (Wildman–Crippen LogP) is 4.45. The maximum atomic E-state index is 12.3. The number of benzene rings is 2. The van der Waals surface area contributed by atoms with Crippen LogP contribution in [0.2, 0.25) is 5.02 Å². The van der Waals surface area contributed by atoms with E-state index in [1.54, 1.807) is 0 Å². The minimum absolute atomic E-state index is 0.0550. The molecule has 1 unspecified atom stereocenters. The second kappa shape index (κ2) is 6.10. The molecule has 3 heteroatoms. The van der Waals surface area contributed by atoms with Crippen LogP contribution in [-0.4, -0.2) is 5.91 Å². The Kier molecular flexibility index (Phi) is 4.46. The molecule has 0 aliphatic carbocycles. The van der Waals surface area contributed by atoms with Gasteiger partial charge in [0.2, 0.25) is 0 Å². The highest BCUT2D eigenvalue weighted by atomic mass is 35.5. The first kappa shape index (κ1) is 14.6. The van der Waals surface area contributed by atoms with Crippen molar-refractivity contribution in [3.05, 3.63) is 69.7 Å². The van der Waals surface area contributed by atoms with Crippen LogP contribution < -0.4 is 5.32 Å². The summed E-state index contributed by atoms with van der Waals surface area (Å²) >= 11 is 5.87. The van der Waals surface area contributed by atoms with E-state index in [1.165, 1.54) is 0 Å². The van der Waals surface area contributed by atoms with Gasteiger partial charge in [0.15, 0.2) is 0 Å². The first-order valence-electron chi connectivity index (χ1n) is 6.60. The number of hydrogen-bond donors (Lipinski definition) is 1. The monoisotopic (exact) mass is 287 g/mol. The smallest absolute Gasteiger partial charge is 0.251 e.